The van der Waals surface area contributed by atoms with Gasteiger partial charge in [-0.2, -0.15) is 0 Å². The molecule has 0 aromatic heterocycles. The van der Waals surface area contributed by atoms with E-state index in [0.717, 1.165) is 19.3 Å². The van der Waals surface area contributed by atoms with Crippen molar-refractivity contribution < 1.29 is 19.1 Å². The van der Waals surface area contributed by atoms with Crippen LogP contribution in [0.2, 0.25) is 0 Å². The van der Waals surface area contributed by atoms with Crippen molar-refractivity contribution in [3.05, 3.63) is 0 Å². The van der Waals surface area contributed by atoms with Gasteiger partial charge in [0.05, 0.1) is 0 Å². The molecule has 0 radical (unpaired) electrons. The lowest BCUT2D eigenvalue weighted by atomic mass is 10.3. The molecule has 0 aromatic rings. The maximum atomic E-state index is 10.9. The van der Waals surface area contributed by atoms with E-state index in [2.05, 4.69) is 9.47 Å². The summed E-state index contributed by atoms with van der Waals surface area (Å²) in [6, 6.07) is 0. The molecule has 0 atom stereocenters. The minimum absolute atomic E-state index is 0.249. The summed E-state index contributed by atoms with van der Waals surface area (Å²) in [5.41, 5.74) is 0. The maximum absolute atomic E-state index is 10.9. The lowest BCUT2D eigenvalue weighted by molar-refractivity contribution is -0.167. The van der Waals surface area contributed by atoms with Gasteiger partial charge in [0.1, 0.15) is 0 Å². The quantitative estimate of drug-likeness (QED) is 0.468. The molecule has 0 unspecified atom stereocenters. The van der Waals surface area contributed by atoms with Crippen LogP contribution in [0.4, 0.5) is 0 Å². The fourth-order valence-electron chi connectivity index (χ4n) is 0.830. The maximum Gasteiger partial charge on any atom is 0.308 e. The highest BCUT2D eigenvalue weighted by molar-refractivity contribution is 5.70. The Labute approximate surface area is 84.6 Å². The highest BCUT2D eigenvalue weighted by Crippen LogP contribution is 1.97. The summed E-state index contributed by atoms with van der Waals surface area (Å²) in [7, 11) is 0. The van der Waals surface area contributed by atoms with Crippen molar-refractivity contribution in [2.24, 2.45) is 0 Å². The van der Waals surface area contributed by atoms with Crippen LogP contribution in [-0.2, 0) is 19.1 Å². The molecule has 0 saturated carbocycles. The SMILES string of the molecule is CCCCC(=O)OCOC(=O)CCC. The zero-order valence-electron chi connectivity index (χ0n) is 8.88. The first kappa shape index (κ1) is 12.9. The van der Waals surface area contributed by atoms with Gasteiger partial charge in [0.2, 0.25) is 6.79 Å². The van der Waals surface area contributed by atoms with Gasteiger partial charge in [-0.25, -0.2) is 0 Å². The lowest BCUT2D eigenvalue weighted by Gasteiger charge is -2.04. The van der Waals surface area contributed by atoms with E-state index in [0.29, 0.717) is 12.8 Å². The predicted octanol–water partition coefficient (Wildman–Crippen LogP) is 2.02. The van der Waals surface area contributed by atoms with Gasteiger partial charge in [-0.15, -0.1) is 0 Å². The summed E-state index contributed by atoms with van der Waals surface area (Å²) in [4.78, 5) is 21.8. The van der Waals surface area contributed by atoms with Crippen LogP contribution in [0.3, 0.4) is 0 Å². The van der Waals surface area contributed by atoms with E-state index < -0.39 is 0 Å². The zero-order chi connectivity index (χ0) is 10.8. The molecule has 0 N–H and O–H groups in total. The van der Waals surface area contributed by atoms with E-state index in [9.17, 15) is 9.59 Å². The number of rotatable bonds is 7. The van der Waals surface area contributed by atoms with E-state index in [-0.39, 0.29) is 18.7 Å². The van der Waals surface area contributed by atoms with Crippen molar-refractivity contribution in [3.63, 3.8) is 0 Å². The minimum Gasteiger partial charge on any atom is -0.428 e. The fraction of sp³-hybridized carbons (Fsp3) is 0.800. The topological polar surface area (TPSA) is 52.6 Å². The molecule has 4 nitrogen and oxygen atoms in total. The molecular weight excluding hydrogens is 184 g/mol. The molecule has 4 heteroatoms. The van der Waals surface area contributed by atoms with Gasteiger partial charge in [-0.1, -0.05) is 20.3 Å². The molecule has 0 spiro atoms. The van der Waals surface area contributed by atoms with Crippen LogP contribution in [0.1, 0.15) is 46.0 Å². The van der Waals surface area contributed by atoms with Crippen molar-refractivity contribution in [1.29, 1.82) is 0 Å². The Morgan fingerprint density at radius 2 is 1.50 bits per heavy atom. The summed E-state index contributed by atoms with van der Waals surface area (Å²) in [5, 5.41) is 0. The second kappa shape index (κ2) is 8.53. The number of hydrogen-bond acceptors (Lipinski definition) is 4. The first-order valence-electron chi connectivity index (χ1n) is 5.02. The van der Waals surface area contributed by atoms with Crippen molar-refractivity contribution in [3.8, 4) is 0 Å². The Hall–Kier alpha value is -1.06. The second-order valence-corrected chi connectivity index (χ2v) is 3.00. The van der Waals surface area contributed by atoms with Gasteiger partial charge < -0.3 is 9.47 Å². The molecular formula is C10H18O4. The van der Waals surface area contributed by atoms with E-state index in [1.54, 1.807) is 0 Å². The van der Waals surface area contributed by atoms with Crippen molar-refractivity contribution in [1.82, 2.24) is 0 Å². The molecule has 0 heterocycles. The van der Waals surface area contributed by atoms with Crippen LogP contribution >= 0.6 is 0 Å². The smallest absolute Gasteiger partial charge is 0.308 e. The fourth-order valence-corrected chi connectivity index (χ4v) is 0.830. The molecule has 0 fully saturated rings. The molecule has 0 amide bonds. The predicted molar refractivity (Wildman–Crippen MR) is 51.5 cm³/mol. The first-order valence-corrected chi connectivity index (χ1v) is 5.02. The Balaban J connectivity index is 3.34. The van der Waals surface area contributed by atoms with Gasteiger partial charge in [0.25, 0.3) is 0 Å². The van der Waals surface area contributed by atoms with Crippen molar-refractivity contribution in [2.45, 2.75) is 46.0 Å². The molecule has 0 saturated heterocycles. The van der Waals surface area contributed by atoms with Crippen LogP contribution in [-0.4, -0.2) is 18.7 Å². The Bertz CT molecular complexity index is 177. The molecule has 0 bridgehead atoms. The third kappa shape index (κ3) is 7.58. The minimum atomic E-state index is -0.323. The first-order chi connectivity index (χ1) is 6.70. The van der Waals surface area contributed by atoms with E-state index in [1.165, 1.54) is 0 Å². The third-order valence-electron chi connectivity index (χ3n) is 1.63. The lowest BCUT2D eigenvalue weighted by Crippen LogP contribution is -2.12. The van der Waals surface area contributed by atoms with Gasteiger partial charge in [-0.05, 0) is 12.8 Å². The Kier molecular flexibility index (Phi) is 7.89. The molecule has 0 aliphatic rings. The summed E-state index contributed by atoms with van der Waals surface area (Å²) < 4.78 is 9.33. The highest BCUT2D eigenvalue weighted by atomic mass is 16.7. The Morgan fingerprint density at radius 3 is 2.00 bits per heavy atom. The van der Waals surface area contributed by atoms with Gasteiger partial charge >= 0.3 is 11.9 Å². The number of esters is 2. The summed E-state index contributed by atoms with van der Waals surface area (Å²) >= 11 is 0. The number of hydrogen-bond donors (Lipinski definition) is 0. The van der Waals surface area contributed by atoms with Crippen molar-refractivity contribution >= 4 is 11.9 Å². The summed E-state index contributed by atoms with van der Waals surface area (Å²) in [6.45, 7) is 3.63. The number of carbonyl (C=O) groups is 2. The van der Waals surface area contributed by atoms with E-state index in [4.69, 9.17) is 0 Å². The molecule has 14 heavy (non-hydrogen) atoms. The van der Waals surface area contributed by atoms with Crippen LogP contribution in [0, 0.1) is 0 Å². The average molecular weight is 202 g/mol. The molecule has 82 valence electrons. The van der Waals surface area contributed by atoms with Gasteiger partial charge in [0.15, 0.2) is 0 Å². The molecule has 0 aromatic carbocycles. The van der Waals surface area contributed by atoms with Crippen LogP contribution in [0.15, 0.2) is 0 Å². The number of carbonyl (C=O) groups excluding carboxylic acids is 2. The highest BCUT2D eigenvalue weighted by Gasteiger charge is 2.04. The summed E-state index contributed by atoms with van der Waals surface area (Å²) in [5.74, 6) is -0.632. The molecule has 0 rings (SSSR count). The van der Waals surface area contributed by atoms with Crippen molar-refractivity contribution in [2.75, 3.05) is 6.79 Å². The van der Waals surface area contributed by atoms with Gasteiger partial charge in [0, 0.05) is 12.8 Å². The zero-order valence-corrected chi connectivity index (χ0v) is 8.88. The van der Waals surface area contributed by atoms with Gasteiger partial charge in [-0.3, -0.25) is 9.59 Å². The summed E-state index contributed by atoms with van der Waals surface area (Å²) in [6.07, 6.45) is 3.25. The van der Waals surface area contributed by atoms with E-state index in [1.807, 2.05) is 13.8 Å². The second-order valence-electron chi connectivity index (χ2n) is 3.00. The monoisotopic (exact) mass is 202 g/mol. The normalized spacial score (nSPS) is 9.57. The molecule has 0 aliphatic carbocycles. The Morgan fingerprint density at radius 1 is 0.929 bits per heavy atom. The standard InChI is InChI=1S/C10H18O4/c1-3-5-7-10(12)14-8-13-9(11)6-4-2/h3-8H2,1-2H3. The van der Waals surface area contributed by atoms with Crippen LogP contribution < -0.4 is 0 Å². The van der Waals surface area contributed by atoms with Crippen LogP contribution in [0.5, 0.6) is 0 Å². The third-order valence-corrected chi connectivity index (χ3v) is 1.63. The largest absolute Gasteiger partial charge is 0.428 e. The van der Waals surface area contributed by atoms with E-state index >= 15 is 0 Å². The average Bonchev–Trinajstić information content (AvgIpc) is 2.15. The van der Waals surface area contributed by atoms with Crippen LogP contribution in [0.25, 0.3) is 0 Å². The number of ether oxygens (including phenoxy) is 2. The molecule has 0 aliphatic heterocycles. The number of unbranched alkanes of at least 4 members (excludes halogenated alkanes) is 1.